The molecule has 0 saturated carbocycles. The largest absolute Gasteiger partial charge is 0.255 e. The van der Waals surface area contributed by atoms with Crippen LogP contribution in [0.2, 0.25) is 0 Å². The molecule has 0 N–H and O–H groups in total. The molecule has 70 heavy (non-hydrogen) atoms. The summed E-state index contributed by atoms with van der Waals surface area (Å²) < 4.78 is 0. The summed E-state index contributed by atoms with van der Waals surface area (Å²) >= 11 is 0. The van der Waals surface area contributed by atoms with E-state index in [1.807, 2.05) is 12.4 Å². The van der Waals surface area contributed by atoms with E-state index in [2.05, 4.69) is 281 Å². The van der Waals surface area contributed by atoms with E-state index in [9.17, 15) is 0 Å². The highest BCUT2D eigenvalue weighted by Gasteiger charge is 2.29. The van der Waals surface area contributed by atoms with E-state index >= 15 is 0 Å². The molecular weight excluding hydrogens is 845 g/mol. The smallest absolute Gasteiger partial charge is 0.0713 e. The molecule has 10 rings (SSSR count). The zero-order valence-electron chi connectivity index (χ0n) is 39.8. The number of aliphatic imine (C=N–C) groups is 2. The highest BCUT2D eigenvalue weighted by atomic mass is 14.8. The van der Waals surface area contributed by atoms with E-state index in [1.165, 1.54) is 55.6 Å². The monoisotopic (exact) mass is 900 g/mol. The molecule has 0 bridgehead atoms. The Morgan fingerprint density at radius 1 is 0.243 bits per heavy atom. The van der Waals surface area contributed by atoms with Crippen LogP contribution in [-0.2, 0) is 0 Å². The van der Waals surface area contributed by atoms with Gasteiger partial charge in [0.15, 0.2) is 0 Å². The lowest BCUT2D eigenvalue weighted by Gasteiger charge is -2.27. The summed E-state index contributed by atoms with van der Waals surface area (Å²) in [5.74, 6) is -0.324. The average molecular weight is 901 g/mol. The summed E-state index contributed by atoms with van der Waals surface area (Å²) in [6.45, 7) is 4.43. The molecule has 10 aromatic carbocycles. The molecule has 0 aliphatic rings. The summed E-state index contributed by atoms with van der Waals surface area (Å²) in [4.78, 5) is 11.3. The highest BCUT2D eigenvalue weighted by molar-refractivity contribution is 6.17. The Balaban J connectivity index is 1.22. The van der Waals surface area contributed by atoms with Crippen LogP contribution in [0.3, 0.4) is 0 Å². The molecule has 2 heteroatoms. The molecule has 0 aromatic heterocycles. The highest BCUT2D eigenvalue weighted by Crippen LogP contribution is 2.47. The third-order valence-corrected chi connectivity index (χ3v) is 13.4. The SMILES string of the molecule is Cc1cc(C(c2ccccc2)c2ccccc2)c(N=CC=Nc2c(C(c3ccccc3)c3ccccc3)cc(C)cc2C(c2ccccc2)c2ccccc2)c(C(c2ccccc2)c2ccccc2)c1. The third kappa shape index (κ3) is 10.0. The fourth-order valence-electron chi connectivity index (χ4n) is 10.4. The van der Waals surface area contributed by atoms with Gasteiger partial charge in [0.2, 0.25) is 0 Å². The van der Waals surface area contributed by atoms with Crippen molar-refractivity contribution in [2.75, 3.05) is 0 Å². The lowest BCUT2D eigenvalue weighted by Crippen LogP contribution is -2.10. The minimum Gasteiger partial charge on any atom is -0.255 e. The van der Waals surface area contributed by atoms with E-state index in [1.54, 1.807) is 0 Å². The molecule has 2 nitrogen and oxygen atoms in total. The predicted molar refractivity (Wildman–Crippen MR) is 294 cm³/mol. The quantitative estimate of drug-likeness (QED) is 0.0723. The van der Waals surface area contributed by atoms with Crippen LogP contribution in [0.5, 0.6) is 0 Å². The van der Waals surface area contributed by atoms with E-state index < -0.39 is 0 Å². The van der Waals surface area contributed by atoms with Gasteiger partial charge in [0.1, 0.15) is 0 Å². The maximum absolute atomic E-state index is 5.63. The van der Waals surface area contributed by atoms with Gasteiger partial charge in [-0.05, 0) is 80.6 Å². The minimum absolute atomic E-state index is 0.0809. The fraction of sp³-hybridized carbons (Fsp3) is 0.0882. The van der Waals surface area contributed by atoms with Gasteiger partial charge >= 0.3 is 0 Å². The summed E-state index contributed by atoms with van der Waals surface area (Å²) in [6.07, 6.45) is 3.87. The number of rotatable bonds is 15. The normalized spacial score (nSPS) is 11.7. The molecule has 0 amide bonds. The van der Waals surface area contributed by atoms with Crippen LogP contribution in [0.1, 0.15) is 102 Å². The van der Waals surface area contributed by atoms with E-state index in [0.29, 0.717) is 0 Å². The van der Waals surface area contributed by atoms with Gasteiger partial charge in [0.25, 0.3) is 0 Å². The van der Waals surface area contributed by atoms with Gasteiger partial charge in [-0.15, -0.1) is 0 Å². The van der Waals surface area contributed by atoms with Crippen molar-refractivity contribution in [3.8, 4) is 0 Å². The van der Waals surface area contributed by atoms with Crippen LogP contribution in [0.25, 0.3) is 0 Å². The molecule has 0 aliphatic carbocycles. The second kappa shape index (κ2) is 21.7. The molecule has 0 unspecified atom stereocenters. The van der Waals surface area contributed by atoms with Gasteiger partial charge in [-0.25, -0.2) is 0 Å². The molecule has 0 spiro atoms. The third-order valence-electron chi connectivity index (χ3n) is 13.4. The molecule has 10 aromatic rings. The first-order valence-electron chi connectivity index (χ1n) is 24.4. The molecule has 0 heterocycles. The van der Waals surface area contributed by atoms with Gasteiger partial charge in [0.05, 0.1) is 11.4 Å². The first kappa shape index (κ1) is 45.3. The van der Waals surface area contributed by atoms with Crippen LogP contribution in [0.15, 0.2) is 277 Å². The van der Waals surface area contributed by atoms with Gasteiger partial charge in [-0.2, -0.15) is 0 Å². The molecule has 0 radical (unpaired) electrons. The Morgan fingerprint density at radius 2 is 0.400 bits per heavy atom. The minimum atomic E-state index is -0.0809. The number of hydrogen-bond donors (Lipinski definition) is 0. The van der Waals surface area contributed by atoms with Crippen molar-refractivity contribution in [2.24, 2.45) is 9.98 Å². The Morgan fingerprint density at radius 3 is 0.557 bits per heavy atom. The number of benzene rings is 10. The Kier molecular flexibility index (Phi) is 14.0. The molecule has 0 atom stereocenters. The van der Waals surface area contributed by atoms with E-state index in [-0.39, 0.29) is 23.7 Å². The summed E-state index contributed by atoms with van der Waals surface area (Å²) in [5.41, 5.74) is 18.5. The summed E-state index contributed by atoms with van der Waals surface area (Å²) in [6, 6.07) is 96.3. The summed E-state index contributed by atoms with van der Waals surface area (Å²) in [7, 11) is 0. The maximum Gasteiger partial charge on any atom is 0.0713 e. The predicted octanol–water partition coefficient (Wildman–Crippen LogP) is 17.1. The van der Waals surface area contributed by atoms with Crippen molar-refractivity contribution >= 4 is 23.8 Å². The van der Waals surface area contributed by atoms with E-state index in [0.717, 1.165) is 33.6 Å². The van der Waals surface area contributed by atoms with Crippen molar-refractivity contribution in [3.05, 3.63) is 345 Å². The van der Waals surface area contributed by atoms with Crippen LogP contribution < -0.4 is 0 Å². The Labute approximate surface area is 414 Å². The van der Waals surface area contributed by atoms with Crippen molar-refractivity contribution in [3.63, 3.8) is 0 Å². The first-order valence-corrected chi connectivity index (χ1v) is 24.4. The van der Waals surface area contributed by atoms with Gasteiger partial charge in [-0.3, -0.25) is 9.98 Å². The van der Waals surface area contributed by atoms with Crippen molar-refractivity contribution < 1.29 is 0 Å². The average Bonchev–Trinajstić information content (AvgIpc) is 3.41. The van der Waals surface area contributed by atoms with Gasteiger partial charge in [-0.1, -0.05) is 278 Å². The Bertz CT molecular complexity index is 2710. The number of hydrogen-bond acceptors (Lipinski definition) is 2. The molecular formula is C68H56N2. The van der Waals surface area contributed by atoms with Crippen LogP contribution in [-0.4, -0.2) is 12.4 Å². The number of aryl methyl sites for hydroxylation is 2. The van der Waals surface area contributed by atoms with Crippen LogP contribution in [0, 0.1) is 13.8 Å². The van der Waals surface area contributed by atoms with Crippen LogP contribution in [0.4, 0.5) is 11.4 Å². The zero-order valence-corrected chi connectivity index (χ0v) is 39.8. The van der Waals surface area contributed by atoms with Crippen molar-refractivity contribution in [1.82, 2.24) is 0 Å². The van der Waals surface area contributed by atoms with Crippen molar-refractivity contribution in [1.29, 1.82) is 0 Å². The molecule has 338 valence electrons. The van der Waals surface area contributed by atoms with Crippen LogP contribution >= 0.6 is 0 Å². The second-order valence-electron chi connectivity index (χ2n) is 18.2. The zero-order chi connectivity index (χ0) is 47.5. The lowest BCUT2D eigenvalue weighted by molar-refractivity contribution is 0.934. The first-order chi connectivity index (χ1) is 34.6. The molecule has 0 fully saturated rings. The van der Waals surface area contributed by atoms with Crippen molar-refractivity contribution in [2.45, 2.75) is 37.5 Å². The molecule has 0 saturated heterocycles. The Hall–Kier alpha value is -8.46. The lowest BCUT2D eigenvalue weighted by atomic mass is 9.78. The fourth-order valence-corrected chi connectivity index (χ4v) is 10.4. The topological polar surface area (TPSA) is 24.7 Å². The maximum atomic E-state index is 5.63. The van der Waals surface area contributed by atoms with Gasteiger partial charge < -0.3 is 0 Å². The number of nitrogens with zero attached hydrogens (tertiary/aromatic N) is 2. The van der Waals surface area contributed by atoms with Gasteiger partial charge in [0, 0.05) is 36.1 Å². The standard InChI is InChI=1S/C68H56N2/c1-49-45-59(63(51-27-11-3-12-28-51)52-29-13-4-14-30-52)67(60(46-49)64(53-31-15-5-16-32-53)54-33-17-6-18-34-54)69-43-44-70-68-61(65(55-35-19-7-20-36-55)56-37-21-8-22-38-56)47-50(2)48-62(68)66(57-39-23-9-24-40-57)58-41-25-10-26-42-58/h3-48,63-66H,1-2H3. The summed E-state index contributed by atoms with van der Waals surface area (Å²) in [5, 5.41) is 0. The molecule has 0 aliphatic heterocycles. The van der Waals surface area contributed by atoms with E-state index in [4.69, 9.17) is 9.98 Å². The second-order valence-corrected chi connectivity index (χ2v) is 18.2.